The van der Waals surface area contributed by atoms with Crippen LogP contribution < -0.4 is 5.73 Å². The lowest BCUT2D eigenvalue weighted by atomic mass is 10.3. The molecule has 0 saturated carbocycles. The number of fused-ring (bicyclic) bond motifs is 1. The van der Waals surface area contributed by atoms with Gasteiger partial charge in [0, 0.05) is 11.4 Å². The van der Waals surface area contributed by atoms with E-state index in [0.29, 0.717) is 13.0 Å². The molecule has 0 atom stereocenters. The van der Waals surface area contributed by atoms with Gasteiger partial charge in [-0.05, 0) is 6.42 Å². The highest BCUT2D eigenvalue weighted by Crippen LogP contribution is 2.25. The van der Waals surface area contributed by atoms with E-state index < -0.39 is 9.84 Å². The highest BCUT2D eigenvalue weighted by molar-refractivity contribution is 7.90. The Balaban J connectivity index is 2.40. The van der Waals surface area contributed by atoms with Gasteiger partial charge >= 0.3 is 0 Å². The van der Waals surface area contributed by atoms with Crippen LogP contribution in [0, 0.1) is 0 Å². The largest absolute Gasteiger partial charge is 0.325 e. The third-order valence-corrected chi connectivity index (χ3v) is 4.71. The summed E-state index contributed by atoms with van der Waals surface area (Å²) in [5.74, 6) is 0.352. The van der Waals surface area contributed by atoms with Crippen LogP contribution in [0.15, 0.2) is 0 Å². The number of hydrogen-bond donors (Lipinski definition) is 1. The Morgan fingerprint density at radius 3 is 3.00 bits per heavy atom. The van der Waals surface area contributed by atoms with Crippen LogP contribution in [-0.4, -0.2) is 19.2 Å². The van der Waals surface area contributed by atoms with Crippen LogP contribution in [0.25, 0.3) is 0 Å². The first-order chi connectivity index (χ1) is 6.11. The number of hydrogen-bond acceptors (Lipinski definition) is 5. The summed E-state index contributed by atoms with van der Waals surface area (Å²) in [6.07, 6.45) is 0.606. The van der Waals surface area contributed by atoms with Gasteiger partial charge in [0.2, 0.25) is 0 Å². The van der Waals surface area contributed by atoms with E-state index in [1.54, 1.807) is 0 Å². The Morgan fingerprint density at radius 2 is 2.31 bits per heavy atom. The predicted octanol–water partition coefficient (Wildman–Crippen LogP) is 0.0727. The quantitative estimate of drug-likeness (QED) is 0.724. The first-order valence-electron chi connectivity index (χ1n) is 3.99. The molecule has 2 N–H and O–H groups in total. The first kappa shape index (κ1) is 9.11. The maximum absolute atomic E-state index is 11.2. The molecule has 13 heavy (non-hydrogen) atoms. The zero-order valence-corrected chi connectivity index (χ0v) is 8.62. The van der Waals surface area contributed by atoms with Crippen molar-refractivity contribution in [3.8, 4) is 0 Å². The van der Waals surface area contributed by atoms with Gasteiger partial charge in [0.1, 0.15) is 5.01 Å². The van der Waals surface area contributed by atoms with Crippen molar-refractivity contribution in [2.45, 2.75) is 18.7 Å². The molecule has 0 bridgehead atoms. The van der Waals surface area contributed by atoms with Crippen molar-refractivity contribution in [3.63, 3.8) is 0 Å². The second kappa shape index (κ2) is 3.04. The molecule has 1 aliphatic rings. The summed E-state index contributed by atoms with van der Waals surface area (Å²) in [7, 11) is -2.89. The summed E-state index contributed by atoms with van der Waals surface area (Å²) < 4.78 is 22.5. The fraction of sp³-hybridized carbons (Fsp3) is 0.571. The number of thiazole rings is 1. The van der Waals surface area contributed by atoms with E-state index in [0.717, 1.165) is 15.6 Å². The fourth-order valence-corrected chi connectivity index (χ4v) is 3.86. The van der Waals surface area contributed by atoms with Crippen molar-refractivity contribution in [3.05, 3.63) is 15.6 Å². The van der Waals surface area contributed by atoms with Gasteiger partial charge in [0.25, 0.3) is 0 Å². The van der Waals surface area contributed by atoms with Gasteiger partial charge in [-0.1, -0.05) is 0 Å². The van der Waals surface area contributed by atoms with E-state index in [2.05, 4.69) is 4.98 Å². The van der Waals surface area contributed by atoms with Crippen LogP contribution in [0.1, 0.15) is 15.6 Å². The zero-order valence-electron chi connectivity index (χ0n) is 6.99. The standard InChI is InChI=1S/C7H10N2O2S2/c8-3-7-9-5-4-13(10,11)2-1-6(5)12-7/h1-4,8H2. The summed E-state index contributed by atoms with van der Waals surface area (Å²) >= 11 is 1.54. The van der Waals surface area contributed by atoms with E-state index in [9.17, 15) is 8.42 Å². The van der Waals surface area contributed by atoms with Gasteiger partial charge in [-0.2, -0.15) is 0 Å². The molecule has 0 amide bonds. The summed E-state index contributed by atoms with van der Waals surface area (Å²) in [5, 5.41) is 0.835. The Bertz CT molecular complexity index is 422. The lowest BCUT2D eigenvalue weighted by Crippen LogP contribution is -2.17. The van der Waals surface area contributed by atoms with Gasteiger partial charge in [0.05, 0.1) is 17.2 Å². The summed E-state index contributed by atoms with van der Waals surface area (Å²) in [4.78, 5) is 5.27. The topological polar surface area (TPSA) is 73.0 Å². The summed E-state index contributed by atoms with van der Waals surface area (Å²) in [6, 6.07) is 0. The number of rotatable bonds is 1. The van der Waals surface area contributed by atoms with Crippen molar-refractivity contribution in [1.82, 2.24) is 4.98 Å². The molecule has 72 valence electrons. The lowest BCUT2D eigenvalue weighted by Gasteiger charge is -2.09. The molecule has 6 heteroatoms. The van der Waals surface area contributed by atoms with Crippen molar-refractivity contribution >= 4 is 21.2 Å². The third kappa shape index (κ3) is 1.74. The van der Waals surface area contributed by atoms with Crippen LogP contribution >= 0.6 is 11.3 Å². The van der Waals surface area contributed by atoms with Crippen molar-refractivity contribution < 1.29 is 8.42 Å². The minimum atomic E-state index is -2.89. The smallest absolute Gasteiger partial charge is 0.156 e. The Hall–Kier alpha value is -0.460. The molecular weight excluding hydrogens is 208 g/mol. The second-order valence-electron chi connectivity index (χ2n) is 3.02. The van der Waals surface area contributed by atoms with Crippen LogP contribution in [0.3, 0.4) is 0 Å². The highest BCUT2D eigenvalue weighted by atomic mass is 32.2. The highest BCUT2D eigenvalue weighted by Gasteiger charge is 2.24. The molecule has 4 nitrogen and oxygen atoms in total. The molecule has 0 unspecified atom stereocenters. The number of aryl methyl sites for hydroxylation is 1. The fourth-order valence-electron chi connectivity index (χ4n) is 1.36. The van der Waals surface area contributed by atoms with Crippen LogP contribution in [0.4, 0.5) is 0 Å². The molecule has 0 radical (unpaired) electrons. The van der Waals surface area contributed by atoms with Crippen molar-refractivity contribution in [2.24, 2.45) is 5.73 Å². The minimum Gasteiger partial charge on any atom is -0.325 e. The lowest BCUT2D eigenvalue weighted by molar-refractivity contribution is 0.591. The maximum atomic E-state index is 11.2. The third-order valence-electron chi connectivity index (χ3n) is 1.99. The molecule has 0 fully saturated rings. The van der Waals surface area contributed by atoms with Gasteiger partial charge in [0.15, 0.2) is 9.84 Å². The van der Waals surface area contributed by atoms with E-state index in [1.165, 1.54) is 11.3 Å². The average Bonchev–Trinajstić information content (AvgIpc) is 2.44. The van der Waals surface area contributed by atoms with Gasteiger partial charge < -0.3 is 5.73 Å². The monoisotopic (exact) mass is 218 g/mol. The molecule has 2 heterocycles. The molecule has 1 aromatic rings. The van der Waals surface area contributed by atoms with E-state index in [1.807, 2.05) is 0 Å². The molecule has 2 rings (SSSR count). The normalized spacial score (nSPS) is 19.8. The van der Waals surface area contributed by atoms with E-state index in [-0.39, 0.29) is 11.5 Å². The number of nitrogens with two attached hydrogens (primary N) is 1. The SMILES string of the molecule is NCc1nc2c(s1)CCS(=O)(=O)C2. The number of nitrogens with zero attached hydrogens (tertiary/aromatic N) is 1. The van der Waals surface area contributed by atoms with Crippen LogP contribution in [0.5, 0.6) is 0 Å². The second-order valence-corrected chi connectivity index (χ2v) is 6.38. The van der Waals surface area contributed by atoms with Crippen LogP contribution in [-0.2, 0) is 28.6 Å². The molecular formula is C7H10N2O2S2. The van der Waals surface area contributed by atoms with Gasteiger partial charge in [-0.3, -0.25) is 0 Å². The molecule has 0 saturated heterocycles. The van der Waals surface area contributed by atoms with E-state index in [4.69, 9.17) is 5.73 Å². The predicted molar refractivity (Wildman–Crippen MR) is 51.2 cm³/mol. The Kier molecular flexibility index (Phi) is 2.13. The van der Waals surface area contributed by atoms with Crippen molar-refractivity contribution in [2.75, 3.05) is 5.75 Å². The Morgan fingerprint density at radius 1 is 1.54 bits per heavy atom. The average molecular weight is 218 g/mol. The molecule has 0 aromatic carbocycles. The van der Waals surface area contributed by atoms with Gasteiger partial charge in [-0.15, -0.1) is 11.3 Å². The first-order valence-corrected chi connectivity index (χ1v) is 6.62. The van der Waals surface area contributed by atoms with Crippen LogP contribution in [0.2, 0.25) is 0 Å². The summed E-state index contributed by atoms with van der Waals surface area (Å²) in [6.45, 7) is 0.401. The Labute approximate surface area is 80.7 Å². The number of aromatic nitrogens is 1. The van der Waals surface area contributed by atoms with E-state index >= 15 is 0 Å². The zero-order chi connectivity index (χ0) is 9.47. The van der Waals surface area contributed by atoms with Gasteiger partial charge in [-0.25, -0.2) is 13.4 Å². The number of sulfone groups is 1. The summed E-state index contributed by atoms with van der Waals surface area (Å²) in [5.41, 5.74) is 6.15. The molecule has 1 aromatic heterocycles. The molecule has 1 aliphatic heterocycles. The maximum Gasteiger partial charge on any atom is 0.156 e. The van der Waals surface area contributed by atoms with Crippen molar-refractivity contribution in [1.29, 1.82) is 0 Å². The minimum absolute atomic E-state index is 0.0961. The molecule has 0 spiro atoms. The molecule has 0 aliphatic carbocycles.